The highest BCUT2D eigenvalue weighted by Crippen LogP contribution is 2.55. The highest BCUT2D eigenvalue weighted by molar-refractivity contribution is 5.99. The minimum absolute atomic E-state index is 0.0828. The molecule has 7 aromatic rings. The molecule has 5 aromatic carbocycles. The lowest BCUT2D eigenvalue weighted by Crippen LogP contribution is -2.40. The van der Waals surface area contributed by atoms with E-state index in [1.807, 2.05) is 48.5 Å². The van der Waals surface area contributed by atoms with Crippen LogP contribution in [0.3, 0.4) is 0 Å². The molecule has 0 N–H and O–H groups in total. The van der Waals surface area contributed by atoms with Gasteiger partial charge in [0.05, 0.1) is 22.9 Å². The highest BCUT2D eigenvalue weighted by atomic mass is 16.3. The largest absolute Gasteiger partial charge is 0.434 e. The monoisotopic (exact) mass is 580 g/mol. The fourth-order valence-corrected chi connectivity index (χ4v) is 6.96. The van der Waals surface area contributed by atoms with Crippen LogP contribution in [0, 0.1) is 0 Å². The summed E-state index contributed by atoms with van der Waals surface area (Å²) in [4.78, 5) is 17.7. The van der Waals surface area contributed by atoms with Gasteiger partial charge in [-0.05, 0) is 47.9 Å². The molecule has 3 heterocycles. The third-order valence-corrected chi connectivity index (χ3v) is 9.14. The van der Waals surface area contributed by atoms with E-state index in [-0.39, 0.29) is 11.5 Å². The molecule has 214 valence electrons. The van der Waals surface area contributed by atoms with E-state index in [4.69, 9.17) is 19.4 Å². The van der Waals surface area contributed by atoms with Crippen molar-refractivity contribution in [3.8, 4) is 22.7 Å². The second-order valence-corrected chi connectivity index (χ2v) is 11.9. The second-order valence-electron chi connectivity index (χ2n) is 11.9. The van der Waals surface area contributed by atoms with Crippen molar-refractivity contribution in [3.63, 3.8) is 0 Å². The molecule has 2 atom stereocenters. The Labute approximate surface area is 260 Å². The normalized spacial score (nSPS) is 18.6. The van der Waals surface area contributed by atoms with Crippen LogP contribution in [0.1, 0.15) is 18.1 Å². The van der Waals surface area contributed by atoms with Crippen LogP contribution in [0.25, 0.3) is 50.3 Å². The van der Waals surface area contributed by atoms with Gasteiger partial charge in [-0.3, -0.25) is 4.90 Å². The molecular weight excluding hydrogens is 552 g/mol. The minimum Gasteiger partial charge on any atom is -0.434 e. The number of hydrogen-bond acceptors (Lipinski definition) is 5. The molecule has 0 fully saturated rings. The molecule has 1 aliphatic heterocycles. The number of fused-ring (bicyclic) bond motifs is 6. The number of hydrogen-bond donors (Lipinski definition) is 0. The molecule has 5 nitrogen and oxygen atoms in total. The maximum atomic E-state index is 6.66. The smallest absolute Gasteiger partial charge is 0.231 e. The van der Waals surface area contributed by atoms with Crippen LogP contribution >= 0.6 is 0 Å². The topological polar surface area (TPSA) is 55.1 Å². The van der Waals surface area contributed by atoms with Gasteiger partial charge < -0.3 is 4.42 Å². The van der Waals surface area contributed by atoms with Gasteiger partial charge in [-0.15, -0.1) is 0 Å². The summed E-state index contributed by atoms with van der Waals surface area (Å²) in [5.74, 6) is 1.23. The summed E-state index contributed by atoms with van der Waals surface area (Å²) in [6, 6.07) is 43.4. The van der Waals surface area contributed by atoms with E-state index in [0.29, 0.717) is 11.8 Å². The number of nitrogens with zero attached hydrogens (tertiary/aromatic N) is 4. The average Bonchev–Trinajstić information content (AvgIpc) is 3.65. The van der Waals surface area contributed by atoms with Gasteiger partial charge in [-0.25, -0.2) is 15.0 Å². The van der Waals surface area contributed by atoms with Crippen LogP contribution in [0.4, 0.5) is 11.6 Å². The highest BCUT2D eigenvalue weighted by Gasteiger charge is 2.50. The minimum atomic E-state index is -0.384. The van der Waals surface area contributed by atoms with E-state index in [2.05, 4.69) is 109 Å². The van der Waals surface area contributed by atoms with Crippen molar-refractivity contribution in [2.24, 2.45) is 0 Å². The summed E-state index contributed by atoms with van der Waals surface area (Å²) in [7, 11) is 0. The molecule has 0 radical (unpaired) electrons. The van der Waals surface area contributed by atoms with Gasteiger partial charge in [-0.1, -0.05) is 121 Å². The number of benzene rings is 5. The van der Waals surface area contributed by atoms with Gasteiger partial charge in [0.25, 0.3) is 0 Å². The van der Waals surface area contributed by atoms with Crippen LogP contribution in [0.5, 0.6) is 0 Å². The van der Waals surface area contributed by atoms with Gasteiger partial charge in [-0.2, -0.15) is 0 Å². The lowest BCUT2D eigenvalue weighted by atomic mass is 9.73. The van der Waals surface area contributed by atoms with Gasteiger partial charge in [0, 0.05) is 21.9 Å². The first kappa shape index (κ1) is 25.7. The Balaban J connectivity index is 1.32. The fraction of sp³-hybridized carbons (Fsp3) is 0.0750. The van der Waals surface area contributed by atoms with Crippen molar-refractivity contribution in [1.29, 1.82) is 0 Å². The molecule has 0 saturated heterocycles. The van der Waals surface area contributed by atoms with Gasteiger partial charge >= 0.3 is 0 Å². The van der Waals surface area contributed by atoms with E-state index < -0.39 is 0 Å². The first-order chi connectivity index (χ1) is 22.2. The Morgan fingerprint density at radius 1 is 0.644 bits per heavy atom. The standard InChI is InChI=1S/C40H28N4O/c1-40-25-29(26-13-5-2-6-14-26)21-24-34(40)44(36-31(40)22-23-33-37(36)45-38(41-33)28-17-9-4-10-18-28)39-42-32-20-12-11-19-30(32)35(43-39)27-15-7-3-8-16-27/h2-25,34H,1H3. The van der Waals surface area contributed by atoms with Crippen molar-refractivity contribution in [2.45, 2.75) is 18.4 Å². The maximum Gasteiger partial charge on any atom is 0.231 e. The second kappa shape index (κ2) is 9.86. The predicted octanol–water partition coefficient (Wildman–Crippen LogP) is 9.54. The third-order valence-electron chi connectivity index (χ3n) is 9.14. The van der Waals surface area contributed by atoms with Crippen molar-refractivity contribution in [3.05, 3.63) is 157 Å². The number of rotatable bonds is 4. The van der Waals surface area contributed by atoms with E-state index in [9.17, 15) is 0 Å². The number of para-hydroxylation sites is 1. The zero-order valence-electron chi connectivity index (χ0n) is 24.6. The van der Waals surface area contributed by atoms with E-state index in [1.54, 1.807) is 0 Å². The van der Waals surface area contributed by atoms with Crippen LogP contribution in [-0.4, -0.2) is 21.0 Å². The molecule has 1 aliphatic carbocycles. The molecule has 2 aromatic heterocycles. The van der Waals surface area contributed by atoms with E-state index in [0.717, 1.165) is 50.1 Å². The molecule has 5 heteroatoms. The quantitative estimate of drug-likeness (QED) is 0.208. The Kier molecular flexibility index (Phi) is 5.62. The zero-order chi connectivity index (χ0) is 30.0. The molecule has 45 heavy (non-hydrogen) atoms. The Hall–Kier alpha value is -5.81. The predicted molar refractivity (Wildman–Crippen MR) is 181 cm³/mol. The number of oxazole rings is 1. The lowest BCUT2D eigenvalue weighted by molar-refractivity contribution is 0.548. The Bertz CT molecular complexity index is 2290. The van der Waals surface area contributed by atoms with Crippen LogP contribution < -0.4 is 4.90 Å². The van der Waals surface area contributed by atoms with Gasteiger partial charge in [0.2, 0.25) is 11.8 Å². The summed E-state index contributed by atoms with van der Waals surface area (Å²) < 4.78 is 6.66. The van der Waals surface area contributed by atoms with Gasteiger partial charge in [0.1, 0.15) is 5.52 Å². The molecular formula is C40H28N4O. The summed E-state index contributed by atoms with van der Waals surface area (Å²) in [5, 5.41) is 1.02. The lowest BCUT2D eigenvalue weighted by Gasteiger charge is -2.35. The fourth-order valence-electron chi connectivity index (χ4n) is 6.96. The first-order valence-corrected chi connectivity index (χ1v) is 15.2. The van der Waals surface area contributed by atoms with Crippen molar-refractivity contribution in [1.82, 2.24) is 15.0 Å². The summed E-state index contributed by atoms with van der Waals surface area (Å²) >= 11 is 0. The maximum absolute atomic E-state index is 6.66. The van der Waals surface area contributed by atoms with Crippen molar-refractivity contribution in [2.75, 3.05) is 4.90 Å². The first-order valence-electron chi connectivity index (χ1n) is 15.2. The molecule has 0 saturated carbocycles. The zero-order valence-corrected chi connectivity index (χ0v) is 24.6. The number of anilines is 2. The molecule has 0 amide bonds. The Morgan fingerprint density at radius 3 is 2.07 bits per heavy atom. The van der Waals surface area contributed by atoms with Gasteiger partial charge in [0.15, 0.2) is 5.58 Å². The van der Waals surface area contributed by atoms with E-state index in [1.165, 1.54) is 11.1 Å². The SMILES string of the molecule is CC12C=C(c3ccccc3)C=CC1N(c1nc(-c3ccccc3)c3ccccc3n1)c1c2ccc2nc(-c3ccccc3)oc12. The molecule has 0 spiro atoms. The van der Waals surface area contributed by atoms with Crippen LogP contribution in [0.2, 0.25) is 0 Å². The molecule has 2 unspecified atom stereocenters. The van der Waals surface area contributed by atoms with Crippen LogP contribution in [0.15, 0.2) is 150 Å². The van der Waals surface area contributed by atoms with E-state index >= 15 is 0 Å². The Morgan fingerprint density at radius 2 is 1.31 bits per heavy atom. The summed E-state index contributed by atoms with van der Waals surface area (Å²) in [5.41, 5.74) is 9.44. The third kappa shape index (κ3) is 3.97. The van der Waals surface area contributed by atoms with Crippen molar-refractivity contribution >= 4 is 39.2 Å². The number of allylic oxidation sites excluding steroid dienone is 2. The summed E-state index contributed by atoms with van der Waals surface area (Å²) in [6.45, 7) is 2.31. The molecule has 9 rings (SSSR count). The molecule has 2 aliphatic rings. The molecule has 0 bridgehead atoms. The average molecular weight is 581 g/mol. The number of aromatic nitrogens is 3. The summed E-state index contributed by atoms with van der Waals surface area (Å²) in [6.07, 6.45) is 6.92. The van der Waals surface area contributed by atoms with Crippen LogP contribution in [-0.2, 0) is 5.41 Å². The van der Waals surface area contributed by atoms with Crippen molar-refractivity contribution < 1.29 is 4.42 Å².